The van der Waals surface area contributed by atoms with Crippen LogP contribution in [0.5, 0.6) is 0 Å². The van der Waals surface area contributed by atoms with E-state index in [1.165, 1.54) is 38.3 Å². The summed E-state index contributed by atoms with van der Waals surface area (Å²) in [5.74, 6) is 0.889. The van der Waals surface area contributed by atoms with Crippen LogP contribution in [-0.2, 0) is 19.0 Å². The smallest absolute Gasteiger partial charge is 0.338 e. The molecule has 11 heteroatoms. The summed E-state index contributed by atoms with van der Waals surface area (Å²) in [5, 5.41) is 16.9. The van der Waals surface area contributed by atoms with Gasteiger partial charge in [0.25, 0.3) is 0 Å². The van der Waals surface area contributed by atoms with E-state index < -0.39 is 16.6 Å². The highest BCUT2D eigenvalue weighted by atomic mass is 35.5. The molecule has 2 aromatic rings. The lowest BCUT2D eigenvalue weighted by atomic mass is 9.82. The van der Waals surface area contributed by atoms with E-state index in [0.717, 1.165) is 31.2 Å². The van der Waals surface area contributed by atoms with Crippen LogP contribution in [0.3, 0.4) is 0 Å². The monoisotopic (exact) mass is 640 g/mol. The molecule has 3 fully saturated rings. The van der Waals surface area contributed by atoms with Crippen molar-refractivity contribution in [1.82, 2.24) is 15.3 Å². The third-order valence-corrected chi connectivity index (χ3v) is 8.71. The Bertz CT molecular complexity index is 1310. The molecular weight excluding hydrogens is 592 g/mol. The summed E-state index contributed by atoms with van der Waals surface area (Å²) in [6, 6.07) is 10.7. The Hall–Kier alpha value is -2.97. The third-order valence-electron chi connectivity index (χ3n) is 8.41. The van der Waals surface area contributed by atoms with Crippen molar-refractivity contribution in [1.29, 1.82) is 5.26 Å². The molecule has 45 heavy (non-hydrogen) atoms. The number of pyridine rings is 2. The number of nitrogens with one attached hydrogen (secondary N) is 2. The van der Waals surface area contributed by atoms with E-state index in [0.29, 0.717) is 54.8 Å². The zero-order valence-electron chi connectivity index (χ0n) is 27.2. The topological polar surface area (TPSA) is 144 Å². The van der Waals surface area contributed by atoms with Crippen LogP contribution in [0.25, 0.3) is 11.3 Å². The van der Waals surface area contributed by atoms with E-state index in [1.807, 2.05) is 39.0 Å². The van der Waals surface area contributed by atoms with E-state index in [4.69, 9.17) is 31.5 Å². The molecule has 0 amide bonds. The van der Waals surface area contributed by atoms with Crippen molar-refractivity contribution in [2.75, 3.05) is 37.4 Å². The van der Waals surface area contributed by atoms with E-state index in [1.54, 1.807) is 6.07 Å². The molecule has 0 bridgehead atoms. The van der Waals surface area contributed by atoms with Gasteiger partial charge in [-0.2, -0.15) is 5.26 Å². The average molecular weight is 641 g/mol. The molecule has 2 aliphatic carbocycles. The van der Waals surface area contributed by atoms with Crippen molar-refractivity contribution in [2.45, 2.75) is 109 Å². The number of halogens is 1. The number of esters is 1. The first-order chi connectivity index (χ1) is 21.4. The number of hydrogen-bond donors (Lipinski definition) is 3. The number of nitrogen functional groups attached to an aromatic ring is 1. The van der Waals surface area contributed by atoms with Crippen molar-refractivity contribution >= 4 is 29.2 Å². The van der Waals surface area contributed by atoms with Crippen LogP contribution in [0.4, 0.5) is 11.6 Å². The van der Waals surface area contributed by atoms with Crippen molar-refractivity contribution in [3.63, 3.8) is 0 Å². The lowest BCUT2D eigenvalue weighted by Gasteiger charge is -2.30. The van der Waals surface area contributed by atoms with Crippen LogP contribution >= 0.6 is 11.6 Å². The van der Waals surface area contributed by atoms with Gasteiger partial charge in [-0.1, -0.05) is 36.9 Å². The number of ether oxygens (including phenoxy) is 3. The second kappa shape index (κ2) is 15.5. The number of carbonyl (C=O) groups is 1. The maximum absolute atomic E-state index is 12.2. The normalized spacial score (nSPS) is 19.7. The van der Waals surface area contributed by atoms with Gasteiger partial charge in [-0.25, -0.2) is 14.8 Å². The molecule has 1 saturated heterocycles. The molecule has 3 heterocycles. The minimum Gasteiger partial charge on any atom is -0.458 e. The second-order valence-corrected chi connectivity index (χ2v) is 14.0. The number of nitrogens with zero attached hydrogens (tertiary/aromatic N) is 3. The Kier molecular flexibility index (Phi) is 12.1. The van der Waals surface area contributed by atoms with E-state index in [2.05, 4.69) is 33.6 Å². The molecule has 246 valence electrons. The van der Waals surface area contributed by atoms with Crippen LogP contribution < -0.4 is 16.4 Å². The molecule has 1 unspecified atom stereocenters. The van der Waals surface area contributed by atoms with Crippen LogP contribution in [0.2, 0.25) is 5.02 Å². The van der Waals surface area contributed by atoms with Gasteiger partial charge in [-0.15, -0.1) is 0 Å². The summed E-state index contributed by atoms with van der Waals surface area (Å²) >= 11 is 6.19. The zero-order valence-corrected chi connectivity index (χ0v) is 27.9. The SMILES string of the molecule is CC(COC1(C(=O)OC(C)(C)C)CC1)NC1CCCCC1.N#CC1(CNc2cccc(-c3cc(N)ncc3Cl)n2)CCOCC1. The fraction of sp³-hybridized carbons (Fsp3) is 0.647. The van der Waals surface area contributed by atoms with Crippen molar-refractivity contribution in [3.05, 3.63) is 35.5 Å². The Morgan fingerprint density at radius 3 is 2.56 bits per heavy atom. The maximum Gasteiger partial charge on any atom is 0.338 e. The first-order valence-corrected chi connectivity index (χ1v) is 16.6. The Morgan fingerprint density at radius 2 is 1.91 bits per heavy atom. The molecule has 0 aromatic carbocycles. The van der Waals surface area contributed by atoms with Gasteiger partial charge in [0.1, 0.15) is 17.2 Å². The summed E-state index contributed by atoms with van der Waals surface area (Å²) in [6.45, 7) is 10.2. The molecule has 2 saturated carbocycles. The van der Waals surface area contributed by atoms with Crippen LogP contribution in [0, 0.1) is 16.7 Å². The highest BCUT2D eigenvalue weighted by molar-refractivity contribution is 6.33. The lowest BCUT2D eigenvalue weighted by Crippen LogP contribution is -2.43. The second-order valence-electron chi connectivity index (χ2n) is 13.6. The van der Waals surface area contributed by atoms with Gasteiger partial charge in [0.2, 0.25) is 0 Å². The fourth-order valence-corrected chi connectivity index (χ4v) is 5.78. The molecule has 4 N–H and O–H groups in total. The number of nitrogens with two attached hydrogens (primary N) is 1. The summed E-state index contributed by atoms with van der Waals surface area (Å²) in [4.78, 5) is 20.7. The number of carbonyl (C=O) groups excluding carboxylic acids is 1. The molecule has 2 aromatic heterocycles. The molecular formula is C34H49ClN6O4. The van der Waals surface area contributed by atoms with Crippen LogP contribution in [0.15, 0.2) is 30.5 Å². The third kappa shape index (κ3) is 10.5. The predicted molar refractivity (Wildman–Crippen MR) is 177 cm³/mol. The summed E-state index contributed by atoms with van der Waals surface area (Å²) in [6.07, 6.45) is 11.1. The zero-order chi connectivity index (χ0) is 32.5. The molecule has 10 nitrogen and oxygen atoms in total. The molecule has 0 radical (unpaired) electrons. The first-order valence-electron chi connectivity index (χ1n) is 16.2. The molecule has 1 aliphatic heterocycles. The predicted octanol–water partition coefficient (Wildman–Crippen LogP) is 6.30. The number of anilines is 2. The Labute approximate surface area is 272 Å². The number of rotatable bonds is 10. The largest absolute Gasteiger partial charge is 0.458 e. The van der Waals surface area contributed by atoms with Gasteiger partial charge in [0, 0.05) is 43.6 Å². The Morgan fingerprint density at radius 1 is 1.20 bits per heavy atom. The highest BCUT2D eigenvalue weighted by Gasteiger charge is 2.54. The maximum atomic E-state index is 12.2. The van der Waals surface area contributed by atoms with Crippen molar-refractivity contribution in [2.24, 2.45) is 5.41 Å². The molecule has 1 atom stereocenters. The average Bonchev–Trinajstić information content (AvgIpc) is 3.82. The van der Waals surface area contributed by atoms with Gasteiger partial charge in [-0.05, 0) is 84.4 Å². The van der Waals surface area contributed by atoms with Gasteiger partial charge in [-0.3, -0.25) is 0 Å². The fourth-order valence-electron chi connectivity index (χ4n) is 5.58. The number of hydrogen-bond acceptors (Lipinski definition) is 10. The van der Waals surface area contributed by atoms with Crippen LogP contribution in [0.1, 0.15) is 85.5 Å². The lowest BCUT2D eigenvalue weighted by molar-refractivity contribution is -0.172. The quantitative estimate of drug-likeness (QED) is 0.253. The molecule has 3 aliphatic rings. The Balaban J connectivity index is 0.000000207. The van der Waals surface area contributed by atoms with Gasteiger partial charge in [0.15, 0.2) is 5.60 Å². The van der Waals surface area contributed by atoms with Crippen molar-refractivity contribution < 1.29 is 19.0 Å². The van der Waals surface area contributed by atoms with E-state index in [-0.39, 0.29) is 12.0 Å². The van der Waals surface area contributed by atoms with Crippen LogP contribution in [-0.4, -0.2) is 65.6 Å². The molecule has 5 rings (SSSR count). The van der Waals surface area contributed by atoms with Gasteiger partial charge in [0.05, 0.1) is 28.8 Å². The van der Waals surface area contributed by atoms with E-state index >= 15 is 0 Å². The minimum absolute atomic E-state index is 0.195. The van der Waals surface area contributed by atoms with Gasteiger partial charge < -0.3 is 30.6 Å². The standard InChI is InChI=1S/C17H18ClN5O.C17H31NO3/c18-13-9-21-15(20)8-12(13)14-2-1-3-16(23-14)22-11-17(10-19)4-6-24-7-5-17;1-13(18-14-8-6-5-7-9-14)12-20-17(10-11-17)15(19)21-16(2,3)4/h1-3,8-9H,4-7,11H2,(H2,20,21)(H,22,23);13-14,18H,5-12H2,1-4H3. The highest BCUT2D eigenvalue weighted by Crippen LogP contribution is 2.42. The number of nitriles is 1. The summed E-state index contributed by atoms with van der Waals surface area (Å²) < 4.78 is 16.7. The summed E-state index contributed by atoms with van der Waals surface area (Å²) in [7, 11) is 0. The minimum atomic E-state index is -0.657. The summed E-state index contributed by atoms with van der Waals surface area (Å²) in [5.41, 5.74) is 5.66. The van der Waals surface area contributed by atoms with E-state index in [9.17, 15) is 10.1 Å². The van der Waals surface area contributed by atoms with Gasteiger partial charge >= 0.3 is 5.97 Å². The molecule has 0 spiro atoms. The first kappa shape index (κ1) is 34.9. The number of aromatic nitrogens is 2. The van der Waals surface area contributed by atoms with Crippen molar-refractivity contribution in [3.8, 4) is 17.3 Å².